The summed E-state index contributed by atoms with van der Waals surface area (Å²) in [7, 11) is 1.87. The first-order chi connectivity index (χ1) is 10.8. The number of para-hydroxylation sites is 1. The monoisotopic (exact) mass is 426 g/mol. The van der Waals surface area contributed by atoms with Crippen LogP contribution in [-0.4, -0.2) is 42.5 Å². The molecule has 0 unspecified atom stereocenters. The summed E-state index contributed by atoms with van der Waals surface area (Å²) < 4.78 is 0. The Morgan fingerprint density at radius 1 is 1.26 bits per heavy atom. The summed E-state index contributed by atoms with van der Waals surface area (Å²) in [5.74, 6) is 1.05. The van der Waals surface area contributed by atoms with Crippen molar-refractivity contribution in [3.05, 3.63) is 35.5 Å². The maximum absolute atomic E-state index is 4.40. The molecule has 4 nitrogen and oxygen atoms in total. The van der Waals surface area contributed by atoms with Gasteiger partial charge >= 0.3 is 0 Å². The van der Waals surface area contributed by atoms with Crippen LogP contribution in [0.15, 0.2) is 29.4 Å². The van der Waals surface area contributed by atoms with Crippen molar-refractivity contribution < 1.29 is 0 Å². The van der Waals surface area contributed by atoms with E-state index in [1.807, 2.05) is 7.05 Å². The highest BCUT2D eigenvalue weighted by atomic mass is 127. The smallest absolute Gasteiger partial charge is 0.193 e. The average molecular weight is 426 g/mol. The second kappa shape index (κ2) is 8.57. The molecule has 0 bridgehead atoms. The Kier molecular flexibility index (Phi) is 6.74. The number of benzene rings is 1. The molecule has 1 aliphatic heterocycles. The van der Waals surface area contributed by atoms with Gasteiger partial charge in [0.05, 0.1) is 0 Å². The van der Waals surface area contributed by atoms with Crippen LogP contribution in [0.4, 0.5) is 0 Å². The van der Waals surface area contributed by atoms with Crippen LogP contribution in [0.3, 0.4) is 0 Å². The fourth-order valence-corrected chi connectivity index (χ4v) is 3.35. The molecule has 0 spiro atoms. The third kappa shape index (κ3) is 4.00. The van der Waals surface area contributed by atoms with Crippen LogP contribution in [0.1, 0.15) is 30.9 Å². The quantitative estimate of drug-likeness (QED) is 0.446. The Labute approximate surface area is 155 Å². The third-order valence-corrected chi connectivity index (χ3v) is 4.56. The summed E-state index contributed by atoms with van der Waals surface area (Å²) in [6.45, 7) is 5.39. The van der Waals surface area contributed by atoms with Gasteiger partial charge < -0.3 is 15.2 Å². The lowest BCUT2D eigenvalue weighted by Gasteiger charge is -2.20. The predicted molar refractivity (Wildman–Crippen MR) is 109 cm³/mol. The van der Waals surface area contributed by atoms with Crippen molar-refractivity contribution in [3.63, 3.8) is 0 Å². The summed E-state index contributed by atoms with van der Waals surface area (Å²) in [5, 5.41) is 4.86. The molecule has 5 heteroatoms. The van der Waals surface area contributed by atoms with Gasteiger partial charge in [-0.2, -0.15) is 0 Å². The lowest BCUT2D eigenvalue weighted by molar-refractivity contribution is 0.494. The number of aromatic amines is 1. The van der Waals surface area contributed by atoms with Crippen LogP contribution >= 0.6 is 24.0 Å². The van der Waals surface area contributed by atoms with Gasteiger partial charge in [0, 0.05) is 43.8 Å². The maximum atomic E-state index is 4.40. The Hall–Kier alpha value is -1.24. The highest BCUT2D eigenvalue weighted by Gasteiger charge is 2.15. The minimum absolute atomic E-state index is 0. The number of fused-ring (bicyclic) bond motifs is 1. The van der Waals surface area contributed by atoms with Crippen molar-refractivity contribution in [1.82, 2.24) is 15.2 Å². The summed E-state index contributed by atoms with van der Waals surface area (Å²) in [6, 6.07) is 6.58. The number of aryl methyl sites for hydroxylation is 1. The first-order valence-corrected chi connectivity index (χ1v) is 8.37. The first-order valence-electron chi connectivity index (χ1n) is 8.37. The van der Waals surface area contributed by atoms with E-state index in [2.05, 4.69) is 51.5 Å². The summed E-state index contributed by atoms with van der Waals surface area (Å²) in [5.41, 5.74) is 4.07. The molecule has 1 saturated heterocycles. The summed E-state index contributed by atoms with van der Waals surface area (Å²) >= 11 is 0. The van der Waals surface area contributed by atoms with E-state index >= 15 is 0 Å². The van der Waals surface area contributed by atoms with Crippen molar-refractivity contribution >= 4 is 40.8 Å². The zero-order chi connectivity index (χ0) is 15.4. The predicted octanol–water partition coefficient (Wildman–Crippen LogP) is 3.56. The number of rotatable bonds is 4. The molecule has 1 aromatic carbocycles. The molecule has 2 aromatic rings. The highest BCUT2D eigenvalue weighted by molar-refractivity contribution is 14.0. The first kappa shape index (κ1) is 18.1. The zero-order valence-electron chi connectivity index (χ0n) is 14.1. The van der Waals surface area contributed by atoms with Gasteiger partial charge in [-0.25, -0.2) is 0 Å². The Bertz CT molecular complexity index is 656. The van der Waals surface area contributed by atoms with Gasteiger partial charge in [0.2, 0.25) is 0 Å². The number of nitrogens with zero attached hydrogens (tertiary/aromatic N) is 2. The van der Waals surface area contributed by atoms with Gasteiger partial charge in [-0.05, 0) is 36.8 Å². The third-order valence-electron chi connectivity index (χ3n) is 4.56. The van der Waals surface area contributed by atoms with Gasteiger partial charge in [-0.3, -0.25) is 4.99 Å². The SMILES string of the molecule is CCc1cccc2c(CCNC(=NC)N3CCCC3)c[nH]c12.I. The number of hydrogen-bond donors (Lipinski definition) is 2. The van der Waals surface area contributed by atoms with Crippen LogP contribution in [0.5, 0.6) is 0 Å². The standard InChI is InChI=1S/C18H26N4.HI/c1-3-14-7-6-8-16-15(13-21-17(14)16)9-10-20-18(19-2)22-11-4-5-12-22;/h6-8,13,21H,3-5,9-12H2,1-2H3,(H,19,20);1H. The van der Waals surface area contributed by atoms with Gasteiger partial charge in [-0.15, -0.1) is 24.0 Å². The molecule has 0 radical (unpaired) electrons. The Balaban J connectivity index is 0.00000192. The van der Waals surface area contributed by atoms with E-state index in [4.69, 9.17) is 0 Å². The number of aliphatic imine (C=N–C) groups is 1. The largest absolute Gasteiger partial charge is 0.361 e. The molecule has 0 amide bonds. The second-order valence-corrected chi connectivity index (χ2v) is 5.93. The molecule has 3 rings (SSSR count). The van der Waals surface area contributed by atoms with E-state index in [0.29, 0.717) is 0 Å². The number of hydrogen-bond acceptors (Lipinski definition) is 1. The van der Waals surface area contributed by atoms with Gasteiger partial charge in [0.15, 0.2) is 5.96 Å². The van der Waals surface area contributed by atoms with Gasteiger partial charge in [0.1, 0.15) is 0 Å². The van der Waals surface area contributed by atoms with Crippen LogP contribution < -0.4 is 5.32 Å². The number of guanidine groups is 1. The number of nitrogens with one attached hydrogen (secondary N) is 2. The molecule has 1 aromatic heterocycles. The average Bonchev–Trinajstić information content (AvgIpc) is 3.21. The molecule has 2 heterocycles. The Morgan fingerprint density at radius 2 is 2.04 bits per heavy atom. The van der Waals surface area contributed by atoms with E-state index in [1.165, 1.54) is 34.9 Å². The van der Waals surface area contributed by atoms with Crippen molar-refractivity contribution in [3.8, 4) is 0 Å². The maximum Gasteiger partial charge on any atom is 0.193 e. The second-order valence-electron chi connectivity index (χ2n) is 5.93. The van der Waals surface area contributed by atoms with Crippen molar-refractivity contribution in [2.24, 2.45) is 4.99 Å². The summed E-state index contributed by atoms with van der Waals surface area (Å²) in [4.78, 5) is 10.2. The number of aromatic nitrogens is 1. The van der Waals surface area contributed by atoms with Gasteiger partial charge in [-0.1, -0.05) is 25.1 Å². The molecule has 1 aliphatic rings. The van der Waals surface area contributed by atoms with Crippen LogP contribution in [0.25, 0.3) is 10.9 Å². The number of halogens is 1. The van der Waals surface area contributed by atoms with Crippen molar-refractivity contribution in [2.75, 3.05) is 26.7 Å². The molecule has 23 heavy (non-hydrogen) atoms. The zero-order valence-corrected chi connectivity index (χ0v) is 16.4. The topological polar surface area (TPSA) is 43.4 Å². The molecule has 126 valence electrons. The fraction of sp³-hybridized carbons (Fsp3) is 0.500. The van der Waals surface area contributed by atoms with E-state index in [0.717, 1.165) is 38.4 Å². The minimum atomic E-state index is 0. The fourth-order valence-electron chi connectivity index (χ4n) is 3.35. The molecule has 0 saturated carbocycles. The molecule has 2 N–H and O–H groups in total. The highest BCUT2D eigenvalue weighted by Crippen LogP contribution is 2.22. The molecular formula is C18H27IN4. The number of likely N-dealkylation sites (tertiary alicyclic amines) is 1. The normalized spacial score (nSPS) is 15.0. The van der Waals surface area contributed by atoms with E-state index < -0.39 is 0 Å². The van der Waals surface area contributed by atoms with Crippen molar-refractivity contribution in [1.29, 1.82) is 0 Å². The molecular weight excluding hydrogens is 399 g/mol. The van der Waals surface area contributed by atoms with Crippen LogP contribution in [-0.2, 0) is 12.8 Å². The van der Waals surface area contributed by atoms with Gasteiger partial charge in [0.25, 0.3) is 0 Å². The van der Waals surface area contributed by atoms with E-state index in [1.54, 1.807) is 0 Å². The molecule has 0 atom stereocenters. The Morgan fingerprint density at radius 3 is 2.74 bits per heavy atom. The minimum Gasteiger partial charge on any atom is -0.361 e. The lowest BCUT2D eigenvalue weighted by Crippen LogP contribution is -2.40. The summed E-state index contributed by atoms with van der Waals surface area (Å²) in [6.07, 6.45) is 6.80. The van der Waals surface area contributed by atoms with E-state index in [-0.39, 0.29) is 24.0 Å². The lowest BCUT2D eigenvalue weighted by atomic mass is 10.1. The molecule has 0 aliphatic carbocycles. The van der Waals surface area contributed by atoms with Crippen LogP contribution in [0, 0.1) is 0 Å². The van der Waals surface area contributed by atoms with Crippen molar-refractivity contribution in [2.45, 2.75) is 32.6 Å². The van der Waals surface area contributed by atoms with E-state index in [9.17, 15) is 0 Å². The number of H-pyrrole nitrogens is 1. The van der Waals surface area contributed by atoms with Crippen LogP contribution in [0.2, 0.25) is 0 Å². The molecule has 1 fully saturated rings.